The number of esters is 2. The van der Waals surface area contributed by atoms with E-state index in [1.54, 1.807) is 62.3 Å². The number of cyclic esters (lactones) is 1. The summed E-state index contributed by atoms with van der Waals surface area (Å²) in [5, 5.41) is 32.5. The van der Waals surface area contributed by atoms with Gasteiger partial charge in [0.2, 0.25) is 0 Å². The SMILES string of the molecule is CO/N=C1\C[C@@H](C)O[C@@H](O[C@@H]2[C@@H](C)[C@H](O[C@H]3C[C@H](C)N(C4CC4)C[C@H](C)O3)[C@@H](C)C(=O)O[C@H](C(C)CO[C@@H]3O[C@H](C)[C@@H](O)[C@@H](OC)[C@H]3OC)[C@H](C)[C@@H](OC(=O)CC(C)C)[C@@H](C)C(=O)[C@@](C)(OC(=O)NC(C)(C)CNC(=O)c3c[nH]c(=O)cn3)C[C@@H]2C)[C@@H]1O. The lowest BCUT2D eigenvalue weighted by molar-refractivity contribution is -0.305. The maximum Gasteiger partial charge on any atom is 0.408 e. The molecule has 1 aliphatic carbocycles. The second-order valence-electron chi connectivity index (χ2n) is 26.6. The van der Waals surface area contributed by atoms with Crippen LogP contribution < -0.4 is 16.2 Å². The van der Waals surface area contributed by atoms with Crippen LogP contribution in [0.2, 0.25) is 0 Å². The zero-order valence-corrected chi connectivity index (χ0v) is 54.9. The molecule has 5 aliphatic rings. The fraction of sp³-hybridized carbons (Fsp3) is 0.839. The average Bonchev–Trinajstić information content (AvgIpc) is 3.63. The summed E-state index contributed by atoms with van der Waals surface area (Å²) in [5.74, 6) is -8.66. The number of nitrogens with one attached hydrogen (secondary N) is 3. The molecule has 0 aromatic carbocycles. The van der Waals surface area contributed by atoms with E-state index in [1.165, 1.54) is 28.3 Å². The summed E-state index contributed by atoms with van der Waals surface area (Å²) in [4.78, 5) is 99.2. The molecule has 4 saturated heterocycles. The number of hydrogen-bond acceptors (Lipinski definition) is 23. The summed E-state index contributed by atoms with van der Waals surface area (Å²) < 4.78 is 70.9. The molecule has 5 heterocycles. The van der Waals surface area contributed by atoms with E-state index >= 15 is 9.59 Å². The minimum absolute atomic E-state index is 0.0268. The van der Waals surface area contributed by atoms with E-state index in [0.29, 0.717) is 19.0 Å². The number of ketones is 1. The van der Waals surface area contributed by atoms with Crippen LogP contribution in [0.3, 0.4) is 0 Å². The van der Waals surface area contributed by atoms with Gasteiger partial charge in [-0.2, -0.15) is 0 Å². The van der Waals surface area contributed by atoms with E-state index < -0.39 is 162 Å². The minimum Gasteiger partial charge on any atom is -0.461 e. The number of aliphatic hydroxyl groups is 2. The molecular weight excluding hydrogens is 1150 g/mol. The molecule has 0 spiro atoms. The molecule has 1 unspecified atom stereocenters. The summed E-state index contributed by atoms with van der Waals surface area (Å²) in [6.45, 7) is 26.7. The van der Waals surface area contributed by atoms with Crippen molar-refractivity contribution < 1.29 is 91.1 Å². The summed E-state index contributed by atoms with van der Waals surface area (Å²) in [6.07, 6.45) is -10.2. The van der Waals surface area contributed by atoms with Gasteiger partial charge in [0.25, 0.3) is 11.5 Å². The number of aliphatic hydroxyl groups excluding tert-OH is 2. The Morgan fingerprint density at radius 1 is 0.864 bits per heavy atom. The topological polar surface area (TPSA) is 322 Å². The van der Waals surface area contributed by atoms with Crippen molar-refractivity contribution in [2.24, 2.45) is 46.6 Å². The fourth-order valence-corrected chi connectivity index (χ4v) is 12.9. The zero-order valence-electron chi connectivity index (χ0n) is 54.9. The van der Waals surface area contributed by atoms with Crippen LogP contribution in [0.15, 0.2) is 22.3 Å². The van der Waals surface area contributed by atoms with Crippen LogP contribution in [0.1, 0.15) is 153 Å². The number of oxime groups is 1. The summed E-state index contributed by atoms with van der Waals surface area (Å²) in [7, 11) is 4.25. The molecule has 4 aliphatic heterocycles. The van der Waals surface area contributed by atoms with Crippen molar-refractivity contribution in [2.45, 2.75) is 252 Å². The molecular formula is C62H102N6O20. The number of alkyl carbamates (subject to hydrolysis) is 1. The molecule has 1 saturated carbocycles. The highest BCUT2D eigenvalue weighted by Gasteiger charge is 2.53. The number of rotatable bonds is 20. The number of Topliss-reactive ketones (excluding diaryl/α,β-unsaturated/α-hetero) is 1. The lowest BCUT2D eigenvalue weighted by Crippen LogP contribution is -2.59. The Morgan fingerprint density at radius 2 is 1.55 bits per heavy atom. The first-order valence-electron chi connectivity index (χ1n) is 31.3. The van der Waals surface area contributed by atoms with Crippen molar-refractivity contribution in [3.8, 4) is 0 Å². The summed E-state index contributed by atoms with van der Waals surface area (Å²) >= 11 is 0. The number of ether oxygens (including phenoxy) is 11. The third-order valence-corrected chi connectivity index (χ3v) is 17.7. The number of nitrogens with zero attached hydrogens (tertiary/aromatic N) is 3. The van der Waals surface area contributed by atoms with Crippen LogP contribution in [-0.4, -0.2) is 211 Å². The maximum absolute atomic E-state index is 16.1. The fourth-order valence-electron chi connectivity index (χ4n) is 12.9. The predicted molar refractivity (Wildman–Crippen MR) is 318 cm³/mol. The standard InChI is InChI=1S/C62H102N6O20/c1-30(2)21-45(70)84-51-37(9)50(32(4)28-80-59-54(78-17)53(77-16)47(71)40(12)83-59)86-57(75)39(11)52(85-46-22-33(5)68(41-19-20-41)27-35(7)81-46)36(8)49(87-58-48(72)42(67-79-18)23-34(6)82-58)31(3)24-62(15,55(73)38(51)10)88-60(76)66-61(13,14)29-65-56(74)43-25-64-44(69)26-63-43/h25-26,30-41,46-54,58-59,71-72H,19-24,27-29H2,1-18H3,(H,64,69)(H,65,74)(H,66,76)/b67-42+/t31-,32?,33-,34+,35-,36+,37-,38+,39+,40+,46-,47+,48+,49-,50+,51+,52-,53+,54+,58-,59+,62-/m0/s1. The van der Waals surface area contributed by atoms with Gasteiger partial charge in [-0.3, -0.25) is 28.9 Å². The minimum atomic E-state index is -2.10. The molecule has 500 valence electrons. The van der Waals surface area contributed by atoms with Gasteiger partial charge in [-0.1, -0.05) is 53.6 Å². The number of amides is 2. The lowest BCUT2D eigenvalue weighted by Gasteiger charge is -2.45. The van der Waals surface area contributed by atoms with Crippen molar-refractivity contribution in [3.05, 3.63) is 28.4 Å². The highest BCUT2D eigenvalue weighted by molar-refractivity contribution is 5.93. The highest BCUT2D eigenvalue weighted by Crippen LogP contribution is 2.41. The number of carbonyl (C=O) groups is 5. The quantitative estimate of drug-likeness (QED) is 0.0663. The Balaban J connectivity index is 1.49. The molecule has 0 radical (unpaired) electrons. The van der Waals surface area contributed by atoms with Crippen molar-refractivity contribution in [1.82, 2.24) is 25.5 Å². The first-order valence-corrected chi connectivity index (χ1v) is 31.3. The number of H-pyrrole nitrogens is 1. The molecule has 26 heteroatoms. The zero-order chi connectivity index (χ0) is 65.3. The summed E-state index contributed by atoms with van der Waals surface area (Å²) in [5.41, 5.74) is -3.67. The molecule has 5 fully saturated rings. The summed E-state index contributed by atoms with van der Waals surface area (Å²) in [6, 6.07) is 0.442. The Morgan fingerprint density at radius 3 is 2.16 bits per heavy atom. The maximum atomic E-state index is 16.1. The molecule has 1 aromatic rings. The van der Waals surface area contributed by atoms with Crippen LogP contribution in [0.4, 0.5) is 4.79 Å². The Hall–Kier alpha value is -4.74. The molecule has 88 heavy (non-hydrogen) atoms. The Labute approximate surface area is 518 Å². The third-order valence-electron chi connectivity index (χ3n) is 17.7. The number of aromatic nitrogens is 2. The second kappa shape index (κ2) is 31.5. The van der Waals surface area contributed by atoms with Gasteiger partial charge >= 0.3 is 18.0 Å². The van der Waals surface area contributed by atoms with Crippen LogP contribution in [0.25, 0.3) is 0 Å². The van der Waals surface area contributed by atoms with E-state index in [2.05, 4.69) is 37.6 Å². The van der Waals surface area contributed by atoms with Crippen LogP contribution >= 0.6 is 0 Å². The van der Waals surface area contributed by atoms with Gasteiger partial charge in [-0.05, 0) is 86.5 Å². The van der Waals surface area contributed by atoms with Crippen molar-refractivity contribution in [3.63, 3.8) is 0 Å². The highest BCUT2D eigenvalue weighted by atomic mass is 16.7. The van der Waals surface area contributed by atoms with Gasteiger partial charge < -0.3 is 82.8 Å². The molecule has 1 aromatic heterocycles. The van der Waals surface area contributed by atoms with Crippen LogP contribution in [0.5, 0.6) is 0 Å². The number of methoxy groups -OCH3 is 2. The Bertz CT molecular complexity index is 2550. The van der Waals surface area contributed by atoms with Crippen molar-refractivity contribution in [2.75, 3.05) is 41.0 Å². The average molecular weight is 1250 g/mol. The molecule has 6 rings (SSSR count). The first-order chi connectivity index (χ1) is 41.3. The van der Waals surface area contributed by atoms with Gasteiger partial charge in [-0.25, -0.2) is 9.78 Å². The number of hydrogen-bond donors (Lipinski definition) is 5. The second-order valence-corrected chi connectivity index (χ2v) is 26.6. The largest absolute Gasteiger partial charge is 0.461 e. The van der Waals surface area contributed by atoms with Crippen LogP contribution in [0, 0.1) is 41.4 Å². The first kappa shape index (κ1) is 72.3. The van der Waals surface area contributed by atoms with E-state index in [9.17, 15) is 29.4 Å². The van der Waals surface area contributed by atoms with Gasteiger partial charge in [0.1, 0.15) is 49.4 Å². The smallest absolute Gasteiger partial charge is 0.408 e. The molecule has 26 nitrogen and oxygen atoms in total. The van der Waals surface area contributed by atoms with Gasteiger partial charge in [0.05, 0.1) is 66.4 Å². The molecule has 0 bridgehead atoms. The van der Waals surface area contributed by atoms with E-state index in [1.807, 2.05) is 27.7 Å². The van der Waals surface area contributed by atoms with E-state index in [4.69, 9.17) is 56.9 Å². The van der Waals surface area contributed by atoms with Crippen molar-refractivity contribution in [1.29, 1.82) is 0 Å². The van der Waals surface area contributed by atoms with Crippen LogP contribution in [-0.2, 0) is 71.3 Å². The Kier molecular flexibility index (Phi) is 25.9. The monoisotopic (exact) mass is 1250 g/mol. The van der Waals surface area contributed by atoms with E-state index in [-0.39, 0.29) is 61.9 Å². The third kappa shape index (κ3) is 18.7. The molecule has 2 amide bonds. The van der Waals surface area contributed by atoms with E-state index in [0.717, 1.165) is 25.2 Å². The molecule has 5 N–H and O–H groups in total. The van der Waals surface area contributed by atoms with Gasteiger partial charge in [-0.15, -0.1) is 0 Å². The predicted octanol–water partition coefficient (Wildman–Crippen LogP) is 4.83. The van der Waals surface area contributed by atoms with Gasteiger partial charge in [0.15, 0.2) is 30.3 Å². The normalized spacial score (nSPS) is 37.6. The molecule has 22 atom stereocenters. The van der Waals surface area contributed by atoms with Crippen molar-refractivity contribution >= 4 is 35.4 Å². The number of carbonyl (C=O) groups excluding carboxylic acids is 5. The van der Waals surface area contributed by atoms with Gasteiger partial charge in [0, 0.05) is 82.6 Å². The lowest BCUT2D eigenvalue weighted by atomic mass is 9.74. The number of aromatic amines is 1.